The average Bonchev–Trinajstić information content (AvgIpc) is 2.59. The van der Waals surface area contributed by atoms with Gasteiger partial charge in [0.2, 0.25) is 5.91 Å². The summed E-state index contributed by atoms with van der Waals surface area (Å²) in [7, 11) is 2.00. The summed E-state index contributed by atoms with van der Waals surface area (Å²) in [5.74, 6) is 1.02. The van der Waals surface area contributed by atoms with Gasteiger partial charge in [-0.2, -0.15) is 0 Å². The Morgan fingerprint density at radius 1 is 1.21 bits per heavy atom. The second kappa shape index (κ2) is 12.3. The van der Waals surface area contributed by atoms with Crippen LogP contribution >= 0.6 is 12.4 Å². The highest BCUT2D eigenvalue weighted by Gasteiger charge is 2.21. The Morgan fingerprint density at radius 3 is 2.58 bits per heavy atom. The molecule has 136 valence electrons. The molecule has 1 saturated heterocycles. The van der Waals surface area contributed by atoms with E-state index in [0.717, 1.165) is 57.8 Å². The number of hydrogen-bond donors (Lipinski definition) is 1. The molecule has 1 heterocycles. The van der Waals surface area contributed by atoms with Gasteiger partial charge < -0.3 is 15.0 Å². The zero-order chi connectivity index (χ0) is 16.3. The number of piperidine rings is 1. The SMILES string of the molecule is CNCC1CCN(C(=O)CCCOCCc2ccccc2)CC1.Cl. The summed E-state index contributed by atoms with van der Waals surface area (Å²) in [4.78, 5) is 14.2. The molecule has 1 aromatic carbocycles. The summed E-state index contributed by atoms with van der Waals surface area (Å²) in [6, 6.07) is 10.4. The molecule has 1 aliphatic heterocycles. The number of rotatable bonds is 9. The van der Waals surface area contributed by atoms with Crippen molar-refractivity contribution in [1.82, 2.24) is 10.2 Å². The summed E-state index contributed by atoms with van der Waals surface area (Å²) < 4.78 is 5.65. The third-order valence-electron chi connectivity index (χ3n) is 4.52. The Bertz CT molecular complexity index is 448. The summed E-state index contributed by atoms with van der Waals surface area (Å²) in [5.41, 5.74) is 1.30. The third kappa shape index (κ3) is 7.65. The molecule has 1 aromatic rings. The van der Waals surface area contributed by atoms with Crippen LogP contribution < -0.4 is 5.32 Å². The Balaban J connectivity index is 0.00000288. The summed E-state index contributed by atoms with van der Waals surface area (Å²) in [5, 5.41) is 3.23. The lowest BCUT2D eigenvalue weighted by Crippen LogP contribution is -2.40. The Labute approximate surface area is 152 Å². The smallest absolute Gasteiger partial charge is 0.222 e. The molecular formula is C19H31ClN2O2. The van der Waals surface area contributed by atoms with Crippen molar-refractivity contribution in [2.75, 3.05) is 39.9 Å². The van der Waals surface area contributed by atoms with E-state index in [2.05, 4.69) is 17.4 Å². The molecule has 5 heteroatoms. The normalized spacial score (nSPS) is 15.1. The van der Waals surface area contributed by atoms with Crippen LogP contribution in [0.3, 0.4) is 0 Å². The largest absolute Gasteiger partial charge is 0.381 e. The van der Waals surface area contributed by atoms with Gasteiger partial charge in [-0.1, -0.05) is 30.3 Å². The number of carbonyl (C=O) groups is 1. The maximum atomic E-state index is 12.2. The standard InChI is InChI=1S/C19H30N2O2.ClH/c1-20-16-18-9-12-21(13-10-18)19(22)8-5-14-23-15-11-17-6-3-2-4-7-17;/h2-4,6-7,18,20H,5,8-16H2,1H3;1H. The van der Waals surface area contributed by atoms with E-state index < -0.39 is 0 Å². The molecule has 1 amide bonds. The van der Waals surface area contributed by atoms with E-state index in [9.17, 15) is 4.79 Å². The molecule has 0 unspecified atom stereocenters. The van der Waals surface area contributed by atoms with Crippen LogP contribution in [0.25, 0.3) is 0 Å². The molecule has 0 aromatic heterocycles. The van der Waals surface area contributed by atoms with E-state index in [1.807, 2.05) is 30.1 Å². The molecule has 0 atom stereocenters. The number of ether oxygens (including phenoxy) is 1. The van der Waals surface area contributed by atoms with Crippen LogP contribution in [0.1, 0.15) is 31.2 Å². The van der Waals surface area contributed by atoms with E-state index in [4.69, 9.17) is 4.74 Å². The van der Waals surface area contributed by atoms with Crippen molar-refractivity contribution in [2.45, 2.75) is 32.1 Å². The first-order valence-electron chi connectivity index (χ1n) is 8.83. The highest BCUT2D eigenvalue weighted by molar-refractivity contribution is 5.85. The van der Waals surface area contributed by atoms with Gasteiger partial charge in [0.1, 0.15) is 0 Å². The van der Waals surface area contributed by atoms with Crippen molar-refractivity contribution in [1.29, 1.82) is 0 Å². The van der Waals surface area contributed by atoms with Crippen molar-refractivity contribution in [3.8, 4) is 0 Å². The van der Waals surface area contributed by atoms with Crippen molar-refractivity contribution in [2.24, 2.45) is 5.92 Å². The maximum absolute atomic E-state index is 12.2. The summed E-state index contributed by atoms with van der Waals surface area (Å²) in [6.45, 7) is 4.31. The Morgan fingerprint density at radius 2 is 1.92 bits per heavy atom. The number of nitrogens with one attached hydrogen (secondary N) is 1. The van der Waals surface area contributed by atoms with E-state index in [1.165, 1.54) is 5.56 Å². The first-order chi connectivity index (χ1) is 11.3. The number of amides is 1. The van der Waals surface area contributed by atoms with Gasteiger partial charge in [0.05, 0.1) is 6.61 Å². The summed E-state index contributed by atoms with van der Waals surface area (Å²) in [6.07, 6.45) is 4.63. The van der Waals surface area contributed by atoms with Crippen LogP contribution in [0.4, 0.5) is 0 Å². The number of nitrogens with zero attached hydrogens (tertiary/aromatic N) is 1. The maximum Gasteiger partial charge on any atom is 0.222 e. The minimum atomic E-state index is 0. The van der Waals surface area contributed by atoms with E-state index in [1.54, 1.807) is 0 Å². The highest BCUT2D eigenvalue weighted by atomic mass is 35.5. The third-order valence-corrected chi connectivity index (χ3v) is 4.52. The molecule has 2 rings (SSSR count). The van der Waals surface area contributed by atoms with Crippen LogP contribution in [0.15, 0.2) is 30.3 Å². The first-order valence-corrected chi connectivity index (χ1v) is 8.83. The molecule has 0 radical (unpaired) electrons. The van der Waals surface area contributed by atoms with E-state index >= 15 is 0 Å². The monoisotopic (exact) mass is 354 g/mol. The minimum absolute atomic E-state index is 0. The number of benzene rings is 1. The fraction of sp³-hybridized carbons (Fsp3) is 0.632. The van der Waals surface area contributed by atoms with Crippen LogP contribution in [0, 0.1) is 5.92 Å². The average molecular weight is 355 g/mol. The molecule has 0 spiro atoms. The van der Waals surface area contributed by atoms with E-state index in [-0.39, 0.29) is 12.4 Å². The lowest BCUT2D eigenvalue weighted by molar-refractivity contribution is -0.132. The Hall–Kier alpha value is -1.10. The van der Waals surface area contributed by atoms with Gasteiger partial charge in [0.25, 0.3) is 0 Å². The predicted molar refractivity (Wildman–Crippen MR) is 101 cm³/mol. The second-order valence-electron chi connectivity index (χ2n) is 6.33. The zero-order valence-corrected chi connectivity index (χ0v) is 15.5. The van der Waals surface area contributed by atoms with Crippen molar-refractivity contribution in [3.05, 3.63) is 35.9 Å². The van der Waals surface area contributed by atoms with Crippen LogP contribution in [-0.4, -0.2) is 50.7 Å². The van der Waals surface area contributed by atoms with E-state index in [0.29, 0.717) is 18.9 Å². The lowest BCUT2D eigenvalue weighted by atomic mass is 9.96. The first kappa shape index (κ1) is 20.9. The van der Waals surface area contributed by atoms with Crippen LogP contribution in [-0.2, 0) is 16.0 Å². The van der Waals surface area contributed by atoms with Gasteiger partial charge in [0, 0.05) is 26.1 Å². The predicted octanol–water partition coefficient (Wildman–Crippen LogP) is 2.91. The van der Waals surface area contributed by atoms with Crippen molar-refractivity contribution in [3.63, 3.8) is 0 Å². The molecule has 0 bridgehead atoms. The number of hydrogen-bond acceptors (Lipinski definition) is 3. The molecule has 0 saturated carbocycles. The number of likely N-dealkylation sites (tertiary alicyclic amines) is 1. The molecule has 1 aliphatic rings. The van der Waals surface area contributed by atoms with Gasteiger partial charge in [-0.15, -0.1) is 12.4 Å². The fourth-order valence-corrected chi connectivity index (χ4v) is 3.10. The molecule has 1 fully saturated rings. The van der Waals surface area contributed by atoms with Gasteiger partial charge in [0.15, 0.2) is 0 Å². The topological polar surface area (TPSA) is 41.6 Å². The summed E-state index contributed by atoms with van der Waals surface area (Å²) >= 11 is 0. The van der Waals surface area contributed by atoms with Crippen molar-refractivity contribution >= 4 is 18.3 Å². The number of halogens is 1. The second-order valence-corrected chi connectivity index (χ2v) is 6.33. The van der Waals surface area contributed by atoms with Gasteiger partial charge in [-0.25, -0.2) is 0 Å². The van der Waals surface area contributed by atoms with Crippen molar-refractivity contribution < 1.29 is 9.53 Å². The number of carbonyl (C=O) groups excluding carboxylic acids is 1. The highest BCUT2D eigenvalue weighted by Crippen LogP contribution is 2.17. The molecule has 4 nitrogen and oxygen atoms in total. The fourth-order valence-electron chi connectivity index (χ4n) is 3.10. The minimum Gasteiger partial charge on any atom is -0.381 e. The lowest BCUT2D eigenvalue weighted by Gasteiger charge is -2.32. The molecule has 0 aliphatic carbocycles. The Kier molecular flexibility index (Phi) is 10.7. The quantitative estimate of drug-likeness (QED) is 0.693. The molecular weight excluding hydrogens is 324 g/mol. The molecule has 24 heavy (non-hydrogen) atoms. The molecule has 1 N–H and O–H groups in total. The van der Waals surface area contributed by atoms with Crippen LogP contribution in [0.2, 0.25) is 0 Å². The van der Waals surface area contributed by atoms with Gasteiger partial charge in [-0.05, 0) is 50.8 Å². The van der Waals surface area contributed by atoms with Crippen LogP contribution in [0.5, 0.6) is 0 Å². The zero-order valence-electron chi connectivity index (χ0n) is 14.7. The van der Waals surface area contributed by atoms with Gasteiger partial charge in [-0.3, -0.25) is 4.79 Å². The van der Waals surface area contributed by atoms with Gasteiger partial charge >= 0.3 is 0 Å².